The molecule has 0 aliphatic carbocycles. The van der Waals surface area contributed by atoms with E-state index in [2.05, 4.69) is 10.1 Å². The summed E-state index contributed by atoms with van der Waals surface area (Å²) in [6.07, 6.45) is 1.77. The molecular weight excluding hydrogens is 328 g/mol. The molecule has 0 fully saturated rings. The van der Waals surface area contributed by atoms with Crippen LogP contribution in [0.5, 0.6) is 5.88 Å². The summed E-state index contributed by atoms with van der Waals surface area (Å²) in [6.45, 7) is 4.96. The van der Waals surface area contributed by atoms with E-state index in [4.69, 9.17) is 4.74 Å². The normalized spacial score (nSPS) is 16.5. The first-order valence-electron chi connectivity index (χ1n) is 8.62. The molecule has 4 rings (SSSR count). The van der Waals surface area contributed by atoms with E-state index in [-0.39, 0.29) is 11.9 Å². The maximum atomic E-state index is 12.9. The first kappa shape index (κ1) is 16.3. The molecule has 6 heteroatoms. The van der Waals surface area contributed by atoms with Gasteiger partial charge in [0.1, 0.15) is 18.1 Å². The number of hydrogen-bond acceptors (Lipinski definition) is 4. The van der Waals surface area contributed by atoms with Crippen molar-refractivity contribution in [3.63, 3.8) is 0 Å². The number of rotatable bonds is 4. The van der Waals surface area contributed by atoms with E-state index in [1.54, 1.807) is 21.8 Å². The molecule has 1 aliphatic heterocycles. The second-order valence-corrected chi connectivity index (χ2v) is 6.55. The molecule has 0 bridgehead atoms. The molecule has 1 amide bonds. The Kier molecular flexibility index (Phi) is 4.16. The van der Waals surface area contributed by atoms with Crippen LogP contribution in [0.3, 0.4) is 0 Å². The van der Waals surface area contributed by atoms with Gasteiger partial charge in [0.15, 0.2) is 0 Å². The number of carbonyl (C=O) groups excluding carboxylic acids is 1. The Bertz CT molecular complexity index is 919. The van der Waals surface area contributed by atoms with E-state index in [9.17, 15) is 4.79 Å². The summed E-state index contributed by atoms with van der Waals surface area (Å²) in [5.41, 5.74) is 2.64. The average molecular weight is 348 g/mol. The van der Waals surface area contributed by atoms with E-state index < -0.39 is 0 Å². The fourth-order valence-corrected chi connectivity index (χ4v) is 3.05. The topological polar surface area (TPSA) is 60.2 Å². The Morgan fingerprint density at radius 2 is 2.00 bits per heavy atom. The Labute approximate surface area is 152 Å². The van der Waals surface area contributed by atoms with Gasteiger partial charge in [-0.2, -0.15) is 0 Å². The lowest BCUT2D eigenvalue weighted by molar-refractivity contribution is 0.0952. The number of aryl methyl sites for hydroxylation is 1. The molecule has 0 saturated carbocycles. The summed E-state index contributed by atoms with van der Waals surface area (Å²) in [5, 5.41) is 4.47. The Balaban J connectivity index is 1.56. The first-order valence-corrected chi connectivity index (χ1v) is 8.62. The van der Waals surface area contributed by atoms with Crippen LogP contribution in [0.15, 0.2) is 54.7 Å². The highest BCUT2D eigenvalue weighted by Crippen LogP contribution is 2.27. The molecule has 0 radical (unpaired) electrons. The van der Waals surface area contributed by atoms with E-state index in [1.165, 1.54) is 0 Å². The number of carbonyl (C=O) groups is 1. The van der Waals surface area contributed by atoms with Crippen molar-refractivity contribution in [1.29, 1.82) is 0 Å². The molecule has 1 aliphatic rings. The van der Waals surface area contributed by atoms with Crippen molar-refractivity contribution in [1.82, 2.24) is 14.8 Å². The molecule has 132 valence electrons. The Morgan fingerprint density at radius 1 is 1.19 bits per heavy atom. The lowest BCUT2D eigenvalue weighted by Gasteiger charge is -2.30. The second kappa shape index (κ2) is 6.63. The minimum atomic E-state index is -0.110. The number of fused-ring (bicyclic) bond motifs is 1. The average Bonchev–Trinajstić information content (AvgIpc) is 3.10. The summed E-state index contributed by atoms with van der Waals surface area (Å²) in [4.78, 5) is 19.0. The largest absolute Gasteiger partial charge is 0.472 e. The summed E-state index contributed by atoms with van der Waals surface area (Å²) >= 11 is 0. The number of ether oxygens (including phenoxy) is 1. The number of hydrogen-bond donors (Lipinski definition) is 0. The number of benzene rings is 1. The third-order valence-electron chi connectivity index (χ3n) is 4.44. The van der Waals surface area contributed by atoms with Gasteiger partial charge in [-0.3, -0.25) is 14.4 Å². The van der Waals surface area contributed by atoms with Gasteiger partial charge in [0, 0.05) is 18.8 Å². The molecule has 3 heterocycles. The van der Waals surface area contributed by atoms with Gasteiger partial charge in [0.25, 0.3) is 5.91 Å². The summed E-state index contributed by atoms with van der Waals surface area (Å²) in [5.74, 6) is 1.01. The third kappa shape index (κ3) is 3.06. The van der Waals surface area contributed by atoms with Crippen LogP contribution in [-0.2, 0) is 6.61 Å². The van der Waals surface area contributed by atoms with Crippen molar-refractivity contribution < 1.29 is 9.53 Å². The van der Waals surface area contributed by atoms with Crippen molar-refractivity contribution in [2.75, 3.05) is 11.4 Å². The maximum absolute atomic E-state index is 12.9. The molecule has 3 aromatic rings. The highest BCUT2D eigenvalue weighted by molar-refractivity contribution is 6.05. The van der Waals surface area contributed by atoms with Crippen molar-refractivity contribution in [2.24, 2.45) is 0 Å². The van der Waals surface area contributed by atoms with E-state index in [0.717, 1.165) is 11.1 Å². The molecule has 26 heavy (non-hydrogen) atoms. The summed E-state index contributed by atoms with van der Waals surface area (Å²) < 4.78 is 7.52. The minimum Gasteiger partial charge on any atom is -0.472 e. The van der Waals surface area contributed by atoms with Crippen LogP contribution < -0.4 is 9.64 Å². The second-order valence-electron chi connectivity index (χ2n) is 6.55. The fourth-order valence-electron chi connectivity index (χ4n) is 3.05. The van der Waals surface area contributed by atoms with E-state index in [1.807, 2.05) is 56.3 Å². The minimum absolute atomic E-state index is 0.0416. The number of nitrogens with zero attached hydrogens (tertiary/aromatic N) is 4. The smallest absolute Gasteiger partial charge is 0.277 e. The lowest BCUT2D eigenvalue weighted by Crippen LogP contribution is -2.42. The molecule has 0 spiro atoms. The van der Waals surface area contributed by atoms with Crippen molar-refractivity contribution >= 4 is 11.7 Å². The molecular formula is C20H20N4O2. The Morgan fingerprint density at radius 3 is 2.73 bits per heavy atom. The zero-order valence-electron chi connectivity index (χ0n) is 14.8. The van der Waals surface area contributed by atoms with Gasteiger partial charge in [0.05, 0.1) is 6.04 Å². The van der Waals surface area contributed by atoms with Gasteiger partial charge in [-0.15, -0.1) is 5.10 Å². The van der Waals surface area contributed by atoms with Gasteiger partial charge in [-0.25, -0.2) is 4.98 Å². The van der Waals surface area contributed by atoms with Crippen LogP contribution in [0, 0.1) is 6.92 Å². The number of anilines is 1. The zero-order valence-corrected chi connectivity index (χ0v) is 14.8. The maximum Gasteiger partial charge on any atom is 0.277 e. The van der Waals surface area contributed by atoms with Gasteiger partial charge in [-0.1, -0.05) is 36.4 Å². The molecule has 1 aromatic carbocycles. The van der Waals surface area contributed by atoms with Crippen LogP contribution in [0.25, 0.3) is 0 Å². The molecule has 6 nitrogen and oxygen atoms in total. The fraction of sp³-hybridized carbons (Fsp3) is 0.250. The van der Waals surface area contributed by atoms with Crippen molar-refractivity contribution in [2.45, 2.75) is 26.5 Å². The third-order valence-corrected chi connectivity index (χ3v) is 4.44. The molecule has 1 atom stereocenters. The monoisotopic (exact) mass is 348 g/mol. The quantitative estimate of drug-likeness (QED) is 0.725. The van der Waals surface area contributed by atoms with E-state index >= 15 is 0 Å². The number of amides is 1. The molecule has 0 saturated heterocycles. The standard InChI is InChI=1S/C20H20N4O2/c1-14-8-9-18(21-11-14)23-12-15(2)24-17(20(23)25)10-19(22-24)26-13-16-6-4-3-5-7-16/h3-11,15H,12-13H2,1-2H3. The van der Waals surface area contributed by atoms with E-state index in [0.29, 0.717) is 30.5 Å². The predicted octanol–water partition coefficient (Wildman–Crippen LogP) is 3.39. The van der Waals surface area contributed by atoms with Crippen LogP contribution in [0.1, 0.15) is 34.6 Å². The number of pyridine rings is 1. The SMILES string of the molecule is Cc1ccc(N2CC(C)n3nc(OCc4ccccc4)cc3C2=O)nc1. The van der Waals surface area contributed by atoms with Gasteiger partial charge >= 0.3 is 0 Å². The molecule has 0 N–H and O–H groups in total. The summed E-state index contributed by atoms with van der Waals surface area (Å²) in [6, 6.07) is 15.5. The first-order chi connectivity index (χ1) is 12.6. The van der Waals surface area contributed by atoms with Gasteiger partial charge in [0.2, 0.25) is 5.88 Å². The van der Waals surface area contributed by atoms with Crippen molar-refractivity contribution in [3.05, 3.63) is 71.5 Å². The van der Waals surface area contributed by atoms with Crippen LogP contribution in [0.4, 0.5) is 5.82 Å². The van der Waals surface area contributed by atoms with Gasteiger partial charge < -0.3 is 4.74 Å². The highest BCUT2D eigenvalue weighted by atomic mass is 16.5. The van der Waals surface area contributed by atoms with Crippen LogP contribution in [-0.4, -0.2) is 27.2 Å². The zero-order chi connectivity index (χ0) is 18.1. The summed E-state index contributed by atoms with van der Waals surface area (Å²) in [7, 11) is 0. The van der Waals surface area contributed by atoms with Gasteiger partial charge in [-0.05, 0) is 31.0 Å². The van der Waals surface area contributed by atoms with Crippen LogP contribution in [0.2, 0.25) is 0 Å². The lowest BCUT2D eigenvalue weighted by atomic mass is 10.2. The van der Waals surface area contributed by atoms with Crippen LogP contribution >= 0.6 is 0 Å². The molecule has 1 unspecified atom stereocenters. The Hall–Kier alpha value is -3.15. The molecule has 2 aromatic heterocycles. The predicted molar refractivity (Wildman–Crippen MR) is 98.4 cm³/mol. The van der Waals surface area contributed by atoms with Crippen molar-refractivity contribution in [3.8, 4) is 5.88 Å². The number of aromatic nitrogens is 3. The highest BCUT2D eigenvalue weighted by Gasteiger charge is 2.32.